The highest BCUT2D eigenvalue weighted by atomic mass is 14.8. The highest BCUT2D eigenvalue weighted by Crippen LogP contribution is 2.22. The van der Waals surface area contributed by atoms with Gasteiger partial charge in [-0.3, -0.25) is 0 Å². The van der Waals surface area contributed by atoms with Gasteiger partial charge in [0.25, 0.3) is 0 Å². The van der Waals surface area contributed by atoms with Crippen molar-refractivity contribution in [1.82, 2.24) is 19.9 Å². The molecule has 3 aromatic heterocycles. The first-order valence-corrected chi connectivity index (χ1v) is 8.90. The minimum absolute atomic E-state index is 0.804. The van der Waals surface area contributed by atoms with Gasteiger partial charge in [-0.25, -0.2) is 9.97 Å². The largest absolute Gasteiger partial charge is 0.355 e. The molecule has 0 saturated carbocycles. The lowest BCUT2D eigenvalue weighted by molar-refractivity contribution is 1.27. The number of hydrogen-bond acceptors (Lipinski definition) is 3. The van der Waals surface area contributed by atoms with Gasteiger partial charge in [0.05, 0.1) is 28.8 Å². The standard InChI is InChI=1S/C23H15N5/c24-11-1-2-21-22-9-7-19(27-22)13-17-5-3-15(25-17)12-16-4-6-18(26-16)14-20-8-10-23(21)28-20/h1-10,12-14,25,27H. The molecule has 0 saturated heterocycles. The van der Waals surface area contributed by atoms with Gasteiger partial charge in [-0.2, -0.15) is 5.26 Å². The maximum atomic E-state index is 8.98. The van der Waals surface area contributed by atoms with E-state index >= 15 is 0 Å². The molecule has 0 aromatic carbocycles. The lowest BCUT2D eigenvalue weighted by Crippen LogP contribution is -1.83. The summed E-state index contributed by atoms with van der Waals surface area (Å²) in [7, 11) is 0. The van der Waals surface area contributed by atoms with Crippen LogP contribution >= 0.6 is 0 Å². The zero-order valence-corrected chi connectivity index (χ0v) is 14.8. The first-order valence-electron chi connectivity index (χ1n) is 8.90. The highest BCUT2D eigenvalue weighted by Gasteiger charge is 2.07. The van der Waals surface area contributed by atoms with Crippen LogP contribution in [-0.2, 0) is 0 Å². The molecule has 0 radical (unpaired) electrons. The molecule has 0 aliphatic carbocycles. The van der Waals surface area contributed by atoms with Crippen LogP contribution in [0.4, 0.5) is 0 Å². The van der Waals surface area contributed by atoms with Crippen molar-refractivity contribution in [3.8, 4) is 6.07 Å². The molecular weight excluding hydrogens is 346 g/mol. The molecule has 5 heterocycles. The summed E-state index contributed by atoms with van der Waals surface area (Å²) < 4.78 is 0. The Morgan fingerprint density at radius 1 is 0.750 bits per heavy atom. The van der Waals surface area contributed by atoms with Crippen LogP contribution < -0.4 is 0 Å². The fraction of sp³-hybridized carbons (Fsp3) is 0. The molecule has 5 nitrogen and oxygen atoms in total. The second kappa shape index (κ2) is 6.53. The lowest BCUT2D eigenvalue weighted by atomic mass is 10.2. The third-order valence-electron chi connectivity index (χ3n) is 4.59. The second-order valence-electron chi connectivity index (χ2n) is 6.56. The van der Waals surface area contributed by atoms with Gasteiger partial charge >= 0.3 is 0 Å². The summed E-state index contributed by atoms with van der Waals surface area (Å²) in [4.78, 5) is 16.1. The van der Waals surface area contributed by atoms with Crippen LogP contribution in [0.15, 0.2) is 48.5 Å². The van der Waals surface area contributed by atoms with E-state index in [1.165, 1.54) is 6.08 Å². The molecule has 2 N–H and O–H groups in total. The van der Waals surface area contributed by atoms with Crippen LogP contribution in [0.3, 0.4) is 0 Å². The third-order valence-corrected chi connectivity index (χ3v) is 4.59. The number of hydrogen-bond donors (Lipinski definition) is 2. The number of nitriles is 1. The number of nitrogens with zero attached hydrogens (tertiary/aromatic N) is 3. The smallest absolute Gasteiger partial charge is 0.0912 e. The number of fused-ring (bicyclic) bond motifs is 8. The van der Waals surface area contributed by atoms with Gasteiger partial charge < -0.3 is 9.97 Å². The van der Waals surface area contributed by atoms with Crippen molar-refractivity contribution < 1.29 is 0 Å². The first-order chi connectivity index (χ1) is 13.8. The molecule has 5 heteroatoms. The van der Waals surface area contributed by atoms with Crippen molar-refractivity contribution in [2.45, 2.75) is 0 Å². The van der Waals surface area contributed by atoms with Gasteiger partial charge in [0, 0.05) is 33.7 Å². The molecule has 0 unspecified atom stereocenters. The predicted molar refractivity (Wildman–Crippen MR) is 114 cm³/mol. The van der Waals surface area contributed by atoms with Gasteiger partial charge in [0.15, 0.2) is 0 Å². The summed E-state index contributed by atoms with van der Waals surface area (Å²) in [5, 5.41) is 8.98. The Morgan fingerprint density at radius 3 is 2.29 bits per heavy atom. The Labute approximate surface area is 161 Å². The molecule has 2 aliphatic heterocycles. The maximum Gasteiger partial charge on any atom is 0.0912 e. The molecule has 8 bridgehead atoms. The van der Waals surface area contributed by atoms with E-state index in [-0.39, 0.29) is 0 Å². The van der Waals surface area contributed by atoms with Crippen LogP contribution in [0.5, 0.6) is 0 Å². The van der Waals surface area contributed by atoms with Crippen molar-refractivity contribution in [1.29, 1.82) is 5.26 Å². The van der Waals surface area contributed by atoms with Gasteiger partial charge in [-0.05, 0) is 72.8 Å². The molecule has 0 amide bonds. The predicted octanol–water partition coefficient (Wildman–Crippen LogP) is 5.19. The Morgan fingerprint density at radius 2 is 1.43 bits per heavy atom. The Kier molecular flexibility index (Phi) is 3.74. The van der Waals surface area contributed by atoms with Crippen molar-refractivity contribution in [3.05, 3.63) is 76.9 Å². The van der Waals surface area contributed by atoms with Crippen LogP contribution in [0, 0.1) is 11.3 Å². The lowest BCUT2D eigenvalue weighted by Gasteiger charge is -1.94. The summed E-state index contributed by atoms with van der Waals surface area (Å²) >= 11 is 0. The highest BCUT2D eigenvalue weighted by molar-refractivity contribution is 5.84. The zero-order chi connectivity index (χ0) is 18.9. The molecule has 5 rings (SSSR count). The Bertz CT molecular complexity index is 1370. The molecule has 0 fully saturated rings. The SMILES string of the molecule is N#CC=Cc1c2nc(cc3nc(cc4ccc(cc5ccc1[nH]5)[nH]4)C=C3)C=C2. The minimum atomic E-state index is 0.804. The topological polar surface area (TPSA) is 81.2 Å². The molecule has 132 valence electrons. The number of allylic oxidation sites excluding steroid dienone is 1. The van der Waals surface area contributed by atoms with Crippen molar-refractivity contribution in [2.24, 2.45) is 0 Å². The summed E-state index contributed by atoms with van der Waals surface area (Å²) in [6.07, 6.45) is 11.1. The summed E-state index contributed by atoms with van der Waals surface area (Å²) in [6.45, 7) is 0. The summed E-state index contributed by atoms with van der Waals surface area (Å²) in [5.74, 6) is 0. The van der Waals surface area contributed by atoms with E-state index in [1.54, 1.807) is 6.08 Å². The Balaban J connectivity index is 1.88. The van der Waals surface area contributed by atoms with E-state index < -0.39 is 0 Å². The molecule has 0 spiro atoms. The average Bonchev–Trinajstić information content (AvgIpc) is 3.46. The number of rotatable bonds is 1. The summed E-state index contributed by atoms with van der Waals surface area (Å²) in [6, 6.07) is 16.1. The van der Waals surface area contributed by atoms with E-state index in [2.05, 4.69) is 21.0 Å². The van der Waals surface area contributed by atoms with Gasteiger partial charge in [0.1, 0.15) is 0 Å². The third kappa shape index (κ3) is 3.04. The quantitative estimate of drug-likeness (QED) is 0.403. The zero-order valence-electron chi connectivity index (χ0n) is 14.8. The molecule has 0 atom stereocenters. The summed E-state index contributed by atoms with van der Waals surface area (Å²) in [5.41, 5.74) is 8.11. The van der Waals surface area contributed by atoms with E-state index in [0.29, 0.717) is 0 Å². The molecule has 2 aliphatic rings. The van der Waals surface area contributed by atoms with Gasteiger partial charge in [-0.1, -0.05) is 0 Å². The molecule has 28 heavy (non-hydrogen) atoms. The monoisotopic (exact) mass is 361 g/mol. The Hall–Kier alpha value is -4.17. The average molecular weight is 361 g/mol. The first kappa shape index (κ1) is 16.0. The van der Waals surface area contributed by atoms with Gasteiger partial charge in [0.2, 0.25) is 0 Å². The van der Waals surface area contributed by atoms with Crippen LogP contribution in [0.1, 0.15) is 28.3 Å². The number of aromatic nitrogens is 4. The van der Waals surface area contributed by atoms with E-state index in [0.717, 1.165) is 50.4 Å². The second-order valence-corrected chi connectivity index (χ2v) is 6.56. The number of H-pyrrole nitrogens is 2. The van der Waals surface area contributed by atoms with Crippen molar-refractivity contribution >= 4 is 52.4 Å². The van der Waals surface area contributed by atoms with E-state index in [4.69, 9.17) is 10.2 Å². The number of aromatic amines is 2. The minimum Gasteiger partial charge on any atom is -0.355 e. The fourth-order valence-corrected chi connectivity index (χ4v) is 3.33. The number of nitrogens with one attached hydrogen (secondary N) is 2. The van der Waals surface area contributed by atoms with Crippen LogP contribution in [0.2, 0.25) is 0 Å². The van der Waals surface area contributed by atoms with E-state index in [1.807, 2.05) is 66.8 Å². The van der Waals surface area contributed by atoms with Crippen LogP contribution in [0.25, 0.3) is 52.4 Å². The van der Waals surface area contributed by atoms with Crippen LogP contribution in [-0.4, -0.2) is 19.9 Å². The molecule has 3 aromatic rings. The molecular formula is C23H15N5. The van der Waals surface area contributed by atoms with E-state index in [9.17, 15) is 0 Å². The van der Waals surface area contributed by atoms with Crippen molar-refractivity contribution in [3.63, 3.8) is 0 Å². The van der Waals surface area contributed by atoms with Gasteiger partial charge in [-0.15, -0.1) is 0 Å². The fourth-order valence-electron chi connectivity index (χ4n) is 3.33. The normalized spacial score (nSPS) is 12.5. The van der Waals surface area contributed by atoms with Crippen molar-refractivity contribution in [2.75, 3.05) is 0 Å². The maximum absolute atomic E-state index is 8.98.